The number of rotatable bonds is 6. The lowest BCUT2D eigenvalue weighted by atomic mass is 9.99. The zero-order valence-corrected chi connectivity index (χ0v) is 15.5. The van der Waals surface area contributed by atoms with E-state index >= 15 is 0 Å². The zero-order chi connectivity index (χ0) is 20.3. The van der Waals surface area contributed by atoms with Gasteiger partial charge in [-0.05, 0) is 36.2 Å². The van der Waals surface area contributed by atoms with Gasteiger partial charge in [0.1, 0.15) is 17.4 Å². The number of ether oxygens (including phenoxy) is 2. The average Bonchev–Trinajstić information content (AvgIpc) is 2.70. The summed E-state index contributed by atoms with van der Waals surface area (Å²) in [6, 6.07) is 8.31. The molecule has 1 N–H and O–H groups in total. The van der Waals surface area contributed by atoms with Gasteiger partial charge >= 0.3 is 5.97 Å². The predicted molar refractivity (Wildman–Crippen MR) is 101 cm³/mol. The number of esters is 1. The van der Waals surface area contributed by atoms with Crippen molar-refractivity contribution in [2.75, 3.05) is 13.7 Å². The third kappa shape index (κ3) is 3.88. The third-order valence-corrected chi connectivity index (χ3v) is 4.48. The SMILES string of the molecule is CCc1[nH]c2c(F)ccc(OCC(=O)OC)c2c(=O)c1Cc1ccc(F)cc1. The Morgan fingerprint density at radius 2 is 1.82 bits per heavy atom. The van der Waals surface area contributed by atoms with Gasteiger partial charge in [0.2, 0.25) is 0 Å². The van der Waals surface area contributed by atoms with Gasteiger partial charge in [0, 0.05) is 17.7 Å². The van der Waals surface area contributed by atoms with Gasteiger partial charge in [-0.15, -0.1) is 0 Å². The Balaban J connectivity index is 2.15. The van der Waals surface area contributed by atoms with Crippen LogP contribution in [-0.2, 0) is 22.4 Å². The summed E-state index contributed by atoms with van der Waals surface area (Å²) in [4.78, 5) is 27.6. The van der Waals surface area contributed by atoms with Crippen LogP contribution in [0.3, 0.4) is 0 Å². The summed E-state index contributed by atoms with van der Waals surface area (Å²) >= 11 is 0. The summed E-state index contributed by atoms with van der Waals surface area (Å²) in [6.45, 7) is 1.44. The number of aromatic nitrogens is 1. The van der Waals surface area contributed by atoms with Crippen molar-refractivity contribution in [2.24, 2.45) is 0 Å². The number of H-pyrrole nitrogens is 1. The first kappa shape index (κ1) is 19.5. The molecule has 28 heavy (non-hydrogen) atoms. The van der Waals surface area contributed by atoms with E-state index in [1.807, 2.05) is 6.92 Å². The second-order valence-electron chi connectivity index (χ2n) is 6.23. The number of hydrogen-bond donors (Lipinski definition) is 1. The Morgan fingerprint density at radius 3 is 2.46 bits per heavy atom. The van der Waals surface area contributed by atoms with Gasteiger partial charge in [-0.25, -0.2) is 13.6 Å². The highest BCUT2D eigenvalue weighted by atomic mass is 19.1. The van der Waals surface area contributed by atoms with Gasteiger partial charge in [-0.2, -0.15) is 0 Å². The zero-order valence-electron chi connectivity index (χ0n) is 15.5. The van der Waals surface area contributed by atoms with Crippen LogP contribution in [-0.4, -0.2) is 24.7 Å². The van der Waals surface area contributed by atoms with Gasteiger partial charge in [0.25, 0.3) is 0 Å². The van der Waals surface area contributed by atoms with Crippen molar-refractivity contribution in [1.29, 1.82) is 0 Å². The van der Waals surface area contributed by atoms with Crippen molar-refractivity contribution < 1.29 is 23.0 Å². The Kier molecular flexibility index (Phi) is 5.73. The molecule has 0 aliphatic rings. The van der Waals surface area contributed by atoms with E-state index < -0.39 is 23.8 Å². The quantitative estimate of drug-likeness (QED) is 0.658. The van der Waals surface area contributed by atoms with Crippen molar-refractivity contribution in [3.63, 3.8) is 0 Å². The van der Waals surface area contributed by atoms with Crippen molar-refractivity contribution >= 4 is 16.9 Å². The van der Waals surface area contributed by atoms with Crippen molar-refractivity contribution in [1.82, 2.24) is 4.98 Å². The second-order valence-corrected chi connectivity index (χ2v) is 6.23. The van der Waals surface area contributed by atoms with Crippen molar-refractivity contribution in [3.8, 4) is 5.75 Å². The monoisotopic (exact) mass is 387 g/mol. The number of halogens is 2. The average molecular weight is 387 g/mol. The van der Waals surface area contributed by atoms with Gasteiger partial charge in [-0.1, -0.05) is 19.1 Å². The largest absolute Gasteiger partial charge is 0.481 e. The Morgan fingerprint density at radius 1 is 1.11 bits per heavy atom. The molecule has 0 unspecified atom stereocenters. The molecule has 5 nitrogen and oxygen atoms in total. The van der Waals surface area contributed by atoms with Crippen molar-refractivity contribution in [2.45, 2.75) is 19.8 Å². The molecule has 0 atom stereocenters. The first-order valence-electron chi connectivity index (χ1n) is 8.74. The minimum absolute atomic E-state index is 0.0204. The number of nitrogens with one attached hydrogen (secondary N) is 1. The number of benzene rings is 2. The predicted octanol–water partition coefficient (Wildman–Crippen LogP) is 3.51. The number of methoxy groups -OCH3 is 1. The molecule has 0 bridgehead atoms. The highest BCUT2D eigenvalue weighted by Crippen LogP contribution is 2.26. The Labute approximate surface area is 159 Å². The highest BCUT2D eigenvalue weighted by Gasteiger charge is 2.18. The van der Waals surface area contributed by atoms with Crippen LogP contribution >= 0.6 is 0 Å². The van der Waals surface area contributed by atoms with Crippen LogP contribution in [0.2, 0.25) is 0 Å². The maximum atomic E-state index is 14.4. The first-order chi connectivity index (χ1) is 13.4. The normalized spacial score (nSPS) is 10.9. The lowest BCUT2D eigenvalue weighted by molar-refractivity contribution is -0.142. The van der Waals surface area contributed by atoms with Crippen LogP contribution in [0.1, 0.15) is 23.7 Å². The molecule has 146 valence electrons. The number of pyridine rings is 1. The molecule has 3 rings (SSSR count). The summed E-state index contributed by atoms with van der Waals surface area (Å²) in [5.74, 6) is -1.50. The molecule has 1 heterocycles. The molecular weight excluding hydrogens is 368 g/mol. The van der Waals surface area contributed by atoms with E-state index in [-0.39, 0.29) is 28.9 Å². The summed E-state index contributed by atoms with van der Waals surface area (Å²) < 4.78 is 37.5. The molecule has 0 spiro atoms. The van der Waals surface area contributed by atoms with Crippen LogP contribution in [0, 0.1) is 11.6 Å². The van der Waals surface area contributed by atoms with E-state index in [0.29, 0.717) is 17.7 Å². The van der Waals surface area contributed by atoms with Crippen LogP contribution in [0.25, 0.3) is 10.9 Å². The minimum Gasteiger partial charge on any atom is -0.481 e. The maximum Gasteiger partial charge on any atom is 0.343 e. The molecule has 0 aliphatic carbocycles. The molecule has 0 aliphatic heterocycles. The molecule has 7 heteroatoms. The first-order valence-corrected chi connectivity index (χ1v) is 8.74. The van der Waals surface area contributed by atoms with E-state index in [1.165, 1.54) is 31.4 Å². The lowest BCUT2D eigenvalue weighted by Crippen LogP contribution is -2.18. The highest BCUT2D eigenvalue weighted by molar-refractivity contribution is 5.87. The summed E-state index contributed by atoms with van der Waals surface area (Å²) in [5.41, 5.74) is 1.40. The Bertz CT molecular complexity index is 1070. The van der Waals surface area contributed by atoms with Gasteiger partial charge < -0.3 is 14.5 Å². The number of carbonyl (C=O) groups is 1. The molecule has 3 aromatic rings. The van der Waals surface area contributed by atoms with Gasteiger partial charge in [0.05, 0.1) is 18.0 Å². The van der Waals surface area contributed by atoms with E-state index in [2.05, 4.69) is 9.72 Å². The van der Waals surface area contributed by atoms with E-state index in [4.69, 9.17) is 4.74 Å². The summed E-state index contributed by atoms with van der Waals surface area (Å²) in [6.07, 6.45) is 0.732. The number of aromatic amines is 1. The number of carbonyl (C=O) groups excluding carboxylic acids is 1. The second kappa shape index (κ2) is 8.21. The maximum absolute atomic E-state index is 14.4. The van der Waals surface area contributed by atoms with Gasteiger partial charge in [-0.3, -0.25) is 4.79 Å². The minimum atomic E-state index is -0.620. The van der Waals surface area contributed by atoms with Crippen molar-refractivity contribution in [3.05, 3.63) is 75.1 Å². The molecule has 0 amide bonds. The van der Waals surface area contributed by atoms with Crippen LogP contribution in [0.4, 0.5) is 8.78 Å². The number of fused-ring (bicyclic) bond motifs is 1. The number of aryl methyl sites for hydroxylation is 1. The molecule has 0 fully saturated rings. The fraction of sp³-hybridized carbons (Fsp3) is 0.238. The van der Waals surface area contributed by atoms with Crippen LogP contribution < -0.4 is 10.2 Å². The fourth-order valence-electron chi connectivity index (χ4n) is 3.03. The van der Waals surface area contributed by atoms with E-state index in [0.717, 1.165) is 5.56 Å². The molecule has 0 saturated carbocycles. The van der Waals surface area contributed by atoms with Crippen LogP contribution in [0.15, 0.2) is 41.2 Å². The lowest BCUT2D eigenvalue weighted by Gasteiger charge is -2.14. The molecule has 0 radical (unpaired) electrons. The molecule has 0 saturated heterocycles. The molecule has 2 aromatic carbocycles. The smallest absolute Gasteiger partial charge is 0.343 e. The summed E-state index contributed by atoms with van der Waals surface area (Å²) in [5, 5.41) is 0.0261. The van der Waals surface area contributed by atoms with Gasteiger partial charge in [0.15, 0.2) is 12.0 Å². The summed E-state index contributed by atoms with van der Waals surface area (Å²) in [7, 11) is 1.22. The topological polar surface area (TPSA) is 68.4 Å². The van der Waals surface area contributed by atoms with E-state index in [1.54, 1.807) is 12.1 Å². The fourth-order valence-corrected chi connectivity index (χ4v) is 3.03. The Hall–Kier alpha value is -3.22. The third-order valence-electron chi connectivity index (χ3n) is 4.48. The standard InChI is InChI=1S/C21H19F2NO4/c1-3-16-14(10-12-4-6-13(22)7-5-12)21(26)19-17(28-11-18(25)27-2)9-8-15(23)20(19)24-16/h4-9H,3,10-11H2,1-2H3,(H,24,26). The molecular formula is C21H19F2NO4. The van der Waals surface area contributed by atoms with Crippen LogP contribution in [0.5, 0.6) is 5.75 Å². The molecule has 1 aromatic heterocycles. The number of hydrogen-bond acceptors (Lipinski definition) is 4. The van der Waals surface area contributed by atoms with E-state index in [9.17, 15) is 18.4 Å².